The molecule has 3 heterocycles. The molecule has 8 heteroatoms. The predicted molar refractivity (Wildman–Crippen MR) is 82.6 cm³/mol. The van der Waals surface area contributed by atoms with Gasteiger partial charge in [0.25, 0.3) is 0 Å². The summed E-state index contributed by atoms with van der Waals surface area (Å²) in [5.41, 5.74) is 0.972. The van der Waals surface area contributed by atoms with E-state index in [1.807, 2.05) is 5.38 Å². The number of hydrogen-bond donors (Lipinski definition) is 0. The number of nitrogens with zero attached hydrogens (tertiary/aromatic N) is 5. The van der Waals surface area contributed by atoms with Crippen LogP contribution in [0.4, 0.5) is 5.13 Å². The zero-order chi connectivity index (χ0) is 15.7. The molecule has 2 aromatic heterocycles. The van der Waals surface area contributed by atoms with E-state index in [1.54, 1.807) is 18.9 Å². The number of anilines is 1. The van der Waals surface area contributed by atoms with E-state index in [4.69, 9.17) is 4.52 Å². The molecule has 1 amide bonds. The zero-order valence-corrected chi connectivity index (χ0v) is 13.8. The highest BCUT2D eigenvalue weighted by Gasteiger charge is 2.30. The van der Waals surface area contributed by atoms with Crippen LogP contribution in [0.1, 0.15) is 43.2 Å². The quantitative estimate of drug-likeness (QED) is 0.859. The van der Waals surface area contributed by atoms with Crippen LogP contribution in [0.5, 0.6) is 0 Å². The van der Waals surface area contributed by atoms with Crippen LogP contribution in [-0.2, 0) is 11.3 Å². The molecule has 2 aromatic rings. The maximum Gasteiger partial charge on any atom is 0.225 e. The maximum absolute atomic E-state index is 11.4. The van der Waals surface area contributed by atoms with Gasteiger partial charge in [-0.2, -0.15) is 4.98 Å². The molecule has 0 saturated carbocycles. The van der Waals surface area contributed by atoms with Crippen molar-refractivity contribution >= 4 is 22.4 Å². The van der Waals surface area contributed by atoms with Gasteiger partial charge >= 0.3 is 0 Å². The Hall–Kier alpha value is -1.80. The van der Waals surface area contributed by atoms with Gasteiger partial charge in [-0.05, 0) is 19.4 Å². The van der Waals surface area contributed by atoms with Gasteiger partial charge in [-0.3, -0.25) is 14.6 Å². The van der Waals surface area contributed by atoms with E-state index in [9.17, 15) is 4.79 Å². The molecule has 1 fully saturated rings. The molecular weight excluding hydrogens is 302 g/mol. The predicted octanol–water partition coefficient (Wildman–Crippen LogP) is 2.15. The van der Waals surface area contributed by atoms with Gasteiger partial charge in [0.1, 0.15) is 0 Å². The fourth-order valence-electron chi connectivity index (χ4n) is 2.62. The Labute approximate surface area is 132 Å². The molecule has 0 bridgehead atoms. The molecule has 1 atom stereocenters. The number of hydrogen-bond acceptors (Lipinski definition) is 7. The summed E-state index contributed by atoms with van der Waals surface area (Å²) in [6, 6.07) is 0.188. The minimum atomic E-state index is -0.0118. The minimum absolute atomic E-state index is 0.0118. The Morgan fingerprint density at radius 3 is 3.05 bits per heavy atom. The number of aromatic nitrogens is 3. The van der Waals surface area contributed by atoms with Crippen molar-refractivity contribution < 1.29 is 9.32 Å². The second kappa shape index (κ2) is 6.13. The molecule has 0 N–H and O–H groups in total. The van der Waals surface area contributed by atoms with Gasteiger partial charge in [0.2, 0.25) is 11.8 Å². The number of carbonyl (C=O) groups is 1. The van der Waals surface area contributed by atoms with E-state index in [2.05, 4.69) is 20.0 Å². The van der Waals surface area contributed by atoms with Crippen LogP contribution >= 0.6 is 11.3 Å². The highest BCUT2D eigenvalue weighted by molar-refractivity contribution is 7.14. The lowest BCUT2D eigenvalue weighted by atomic mass is 10.2. The lowest BCUT2D eigenvalue weighted by Crippen LogP contribution is -2.24. The first-order valence-corrected chi connectivity index (χ1v) is 8.15. The van der Waals surface area contributed by atoms with E-state index in [0.29, 0.717) is 5.89 Å². The number of thiazole rings is 1. The molecule has 1 aliphatic rings. The third-order valence-corrected chi connectivity index (χ3v) is 4.83. The summed E-state index contributed by atoms with van der Waals surface area (Å²) < 4.78 is 5.09. The highest BCUT2D eigenvalue weighted by atomic mass is 32.1. The molecule has 22 heavy (non-hydrogen) atoms. The molecule has 0 radical (unpaired) electrons. The fraction of sp³-hybridized carbons (Fsp3) is 0.571. The average Bonchev–Trinajstić information content (AvgIpc) is 3.19. The van der Waals surface area contributed by atoms with Crippen LogP contribution in [-0.4, -0.2) is 39.5 Å². The monoisotopic (exact) mass is 321 g/mol. The van der Waals surface area contributed by atoms with Crippen molar-refractivity contribution in [2.45, 2.75) is 39.3 Å². The molecule has 0 unspecified atom stereocenters. The van der Waals surface area contributed by atoms with Gasteiger partial charge in [-0.1, -0.05) is 5.16 Å². The molecule has 1 saturated heterocycles. The lowest BCUT2D eigenvalue weighted by molar-refractivity contribution is -0.116. The third-order valence-electron chi connectivity index (χ3n) is 3.87. The van der Waals surface area contributed by atoms with Crippen molar-refractivity contribution in [3.05, 3.63) is 22.8 Å². The van der Waals surface area contributed by atoms with E-state index in [0.717, 1.165) is 42.6 Å². The fourth-order valence-corrected chi connectivity index (χ4v) is 3.45. The second-order valence-corrected chi connectivity index (χ2v) is 6.34. The van der Waals surface area contributed by atoms with Crippen molar-refractivity contribution in [3.8, 4) is 0 Å². The van der Waals surface area contributed by atoms with Crippen LogP contribution in [0.25, 0.3) is 0 Å². The number of carbonyl (C=O) groups excluding carboxylic acids is 1. The second-order valence-electron chi connectivity index (χ2n) is 5.50. The standard InChI is InChI=1S/C14H19N5O2S/c1-9-15-13(17-21-9)12-5-4-6-19(12)7-11-8-22-14(16-11)18(3)10(2)20/h8,12H,4-7H2,1-3H3/t12-/m1/s1. The first-order valence-electron chi connectivity index (χ1n) is 7.27. The van der Waals surface area contributed by atoms with Crippen molar-refractivity contribution in [2.24, 2.45) is 0 Å². The minimum Gasteiger partial charge on any atom is -0.340 e. The van der Waals surface area contributed by atoms with Crippen LogP contribution in [0, 0.1) is 6.92 Å². The summed E-state index contributed by atoms with van der Waals surface area (Å²) in [7, 11) is 1.74. The van der Waals surface area contributed by atoms with Crippen LogP contribution in [0.15, 0.2) is 9.90 Å². The first kappa shape index (κ1) is 15.1. The van der Waals surface area contributed by atoms with Gasteiger partial charge in [0.05, 0.1) is 11.7 Å². The normalized spacial score (nSPS) is 18.8. The molecule has 1 aliphatic heterocycles. The summed E-state index contributed by atoms with van der Waals surface area (Å²) in [6.45, 7) is 5.07. The molecule has 3 rings (SSSR count). The Morgan fingerprint density at radius 1 is 1.55 bits per heavy atom. The maximum atomic E-state index is 11.4. The Balaban J connectivity index is 1.71. The Morgan fingerprint density at radius 2 is 2.36 bits per heavy atom. The topological polar surface area (TPSA) is 75.4 Å². The molecule has 0 spiro atoms. The average molecular weight is 321 g/mol. The third kappa shape index (κ3) is 3.02. The number of amides is 1. The Bertz CT molecular complexity index is 668. The summed E-state index contributed by atoms with van der Waals surface area (Å²) in [5, 5.41) is 6.78. The smallest absolute Gasteiger partial charge is 0.225 e. The largest absolute Gasteiger partial charge is 0.340 e. The molecule has 7 nitrogen and oxygen atoms in total. The van der Waals surface area contributed by atoms with E-state index >= 15 is 0 Å². The zero-order valence-electron chi connectivity index (χ0n) is 12.9. The van der Waals surface area contributed by atoms with E-state index in [-0.39, 0.29) is 11.9 Å². The van der Waals surface area contributed by atoms with Crippen molar-refractivity contribution in [1.29, 1.82) is 0 Å². The van der Waals surface area contributed by atoms with Crippen molar-refractivity contribution in [3.63, 3.8) is 0 Å². The highest BCUT2D eigenvalue weighted by Crippen LogP contribution is 2.32. The summed E-state index contributed by atoms with van der Waals surface area (Å²) in [4.78, 5) is 24.2. The van der Waals surface area contributed by atoms with Gasteiger partial charge in [0, 0.05) is 32.8 Å². The molecule has 0 aliphatic carbocycles. The number of rotatable bonds is 4. The van der Waals surface area contributed by atoms with Gasteiger partial charge in [-0.25, -0.2) is 4.98 Å². The van der Waals surface area contributed by atoms with Crippen LogP contribution < -0.4 is 4.90 Å². The van der Waals surface area contributed by atoms with E-state index < -0.39 is 0 Å². The Kier molecular flexibility index (Phi) is 4.21. The summed E-state index contributed by atoms with van der Waals surface area (Å²) in [5.74, 6) is 1.34. The van der Waals surface area contributed by atoms with Crippen molar-refractivity contribution in [2.75, 3.05) is 18.5 Å². The number of likely N-dealkylation sites (tertiary alicyclic amines) is 1. The van der Waals surface area contributed by atoms with Crippen LogP contribution in [0.2, 0.25) is 0 Å². The lowest BCUT2D eigenvalue weighted by Gasteiger charge is -2.20. The summed E-state index contributed by atoms with van der Waals surface area (Å²) in [6.07, 6.45) is 2.14. The van der Waals surface area contributed by atoms with Gasteiger partial charge < -0.3 is 4.52 Å². The first-order chi connectivity index (χ1) is 10.5. The molecule has 0 aromatic carbocycles. The number of aryl methyl sites for hydroxylation is 1. The SMILES string of the molecule is CC(=O)N(C)c1nc(CN2CCC[C@@H]2c2noc(C)n2)cs1. The van der Waals surface area contributed by atoms with Gasteiger partial charge in [0.15, 0.2) is 11.0 Å². The van der Waals surface area contributed by atoms with Crippen LogP contribution in [0.3, 0.4) is 0 Å². The van der Waals surface area contributed by atoms with E-state index in [1.165, 1.54) is 18.3 Å². The molecular formula is C14H19N5O2S. The van der Waals surface area contributed by atoms with Gasteiger partial charge in [-0.15, -0.1) is 11.3 Å². The van der Waals surface area contributed by atoms with Crippen molar-refractivity contribution in [1.82, 2.24) is 20.0 Å². The summed E-state index contributed by atoms with van der Waals surface area (Å²) >= 11 is 1.49. The molecule has 118 valence electrons.